The molecule has 0 bridgehead atoms. The van der Waals surface area contributed by atoms with Gasteiger partial charge in [0.15, 0.2) is 0 Å². The van der Waals surface area contributed by atoms with Crippen LogP contribution in [0.3, 0.4) is 0 Å². The summed E-state index contributed by atoms with van der Waals surface area (Å²) in [6.45, 7) is 2.09. The fourth-order valence-corrected chi connectivity index (χ4v) is 1.22. The van der Waals surface area contributed by atoms with E-state index >= 15 is 0 Å². The Bertz CT molecular complexity index is 276. The van der Waals surface area contributed by atoms with Crippen molar-refractivity contribution < 1.29 is 0 Å². The number of anilines is 2. The van der Waals surface area contributed by atoms with Gasteiger partial charge in [0, 0.05) is 12.5 Å². The molecule has 1 unspecified atom stereocenters. The molecular formula is C8H16N6. The van der Waals surface area contributed by atoms with Crippen molar-refractivity contribution >= 4 is 11.9 Å². The fraction of sp³-hybridized carbons (Fsp3) is 0.625. The third kappa shape index (κ3) is 2.81. The van der Waals surface area contributed by atoms with Crippen molar-refractivity contribution in [2.75, 3.05) is 18.5 Å². The van der Waals surface area contributed by atoms with E-state index < -0.39 is 0 Å². The number of nitrogens with one attached hydrogen (secondary N) is 1. The summed E-state index contributed by atoms with van der Waals surface area (Å²) in [7, 11) is 1.90. The first-order valence-electron chi connectivity index (χ1n) is 4.58. The van der Waals surface area contributed by atoms with Gasteiger partial charge in [0.2, 0.25) is 11.9 Å². The minimum Gasteiger partial charge on any atom is -0.368 e. The highest BCUT2D eigenvalue weighted by Crippen LogP contribution is 2.03. The van der Waals surface area contributed by atoms with Crippen molar-refractivity contribution in [2.24, 2.45) is 0 Å². The first-order valence-corrected chi connectivity index (χ1v) is 4.58. The minimum atomic E-state index is 0.179. The molecule has 0 saturated heterocycles. The van der Waals surface area contributed by atoms with Crippen LogP contribution in [0.15, 0.2) is 0 Å². The number of nitrogens with two attached hydrogens (primary N) is 2. The second-order valence-electron chi connectivity index (χ2n) is 3.07. The summed E-state index contributed by atoms with van der Waals surface area (Å²) >= 11 is 0. The zero-order valence-corrected chi connectivity index (χ0v) is 8.49. The molecule has 1 aromatic rings. The zero-order valence-electron chi connectivity index (χ0n) is 8.49. The number of hydrogen-bond acceptors (Lipinski definition) is 6. The maximum atomic E-state index is 5.46. The molecule has 0 amide bonds. The van der Waals surface area contributed by atoms with E-state index in [0.29, 0.717) is 18.3 Å². The number of likely N-dealkylation sites (N-methyl/N-ethyl adjacent to an activating group) is 1. The van der Waals surface area contributed by atoms with Gasteiger partial charge >= 0.3 is 0 Å². The normalized spacial score (nSPS) is 12.7. The third-order valence-corrected chi connectivity index (χ3v) is 2.05. The summed E-state index contributed by atoms with van der Waals surface area (Å²) in [5.74, 6) is 0.994. The molecular weight excluding hydrogens is 180 g/mol. The van der Waals surface area contributed by atoms with Crippen LogP contribution in [0.25, 0.3) is 0 Å². The van der Waals surface area contributed by atoms with Crippen LogP contribution in [0, 0.1) is 0 Å². The first-order chi connectivity index (χ1) is 6.65. The van der Waals surface area contributed by atoms with E-state index in [1.807, 2.05) is 7.05 Å². The van der Waals surface area contributed by atoms with Gasteiger partial charge in [-0.05, 0) is 13.5 Å². The topological polar surface area (TPSA) is 103 Å². The lowest BCUT2D eigenvalue weighted by molar-refractivity contribution is 0.530. The monoisotopic (exact) mass is 196 g/mol. The average molecular weight is 196 g/mol. The summed E-state index contributed by atoms with van der Waals surface area (Å²) in [6, 6.07) is 0.344. The van der Waals surface area contributed by atoms with Crippen LogP contribution in [-0.4, -0.2) is 28.0 Å². The molecule has 1 heterocycles. The molecule has 6 nitrogen and oxygen atoms in total. The Hall–Kier alpha value is -1.43. The molecule has 1 rings (SSSR count). The summed E-state index contributed by atoms with van der Waals surface area (Å²) in [5, 5.41) is 3.16. The van der Waals surface area contributed by atoms with E-state index in [9.17, 15) is 0 Å². The Kier molecular flexibility index (Phi) is 3.58. The van der Waals surface area contributed by atoms with Crippen LogP contribution < -0.4 is 16.8 Å². The van der Waals surface area contributed by atoms with Crippen molar-refractivity contribution in [3.63, 3.8) is 0 Å². The van der Waals surface area contributed by atoms with E-state index in [1.165, 1.54) is 0 Å². The van der Waals surface area contributed by atoms with E-state index in [2.05, 4.69) is 27.2 Å². The highest BCUT2D eigenvalue weighted by Gasteiger charge is 2.08. The Morgan fingerprint density at radius 3 is 2.21 bits per heavy atom. The largest absolute Gasteiger partial charge is 0.368 e. The molecule has 0 saturated carbocycles. The van der Waals surface area contributed by atoms with Crippen LogP contribution >= 0.6 is 0 Å². The van der Waals surface area contributed by atoms with Crippen LogP contribution in [0.1, 0.15) is 19.2 Å². The number of nitrogens with zero attached hydrogens (tertiary/aromatic N) is 3. The van der Waals surface area contributed by atoms with E-state index in [0.717, 1.165) is 6.42 Å². The van der Waals surface area contributed by atoms with Crippen molar-refractivity contribution in [3.05, 3.63) is 5.82 Å². The molecule has 0 aliphatic rings. The zero-order chi connectivity index (χ0) is 10.6. The van der Waals surface area contributed by atoms with Gasteiger partial charge in [0.05, 0.1) is 0 Å². The smallest absolute Gasteiger partial charge is 0.225 e. The fourth-order valence-electron chi connectivity index (χ4n) is 1.22. The van der Waals surface area contributed by atoms with Gasteiger partial charge in [-0.15, -0.1) is 0 Å². The Labute approximate surface area is 83.1 Å². The lowest BCUT2D eigenvalue weighted by atomic mass is 10.1. The predicted molar refractivity (Wildman–Crippen MR) is 55.5 cm³/mol. The lowest BCUT2D eigenvalue weighted by Gasteiger charge is -2.12. The first kappa shape index (κ1) is 10.6. The maximum absolute atomic E-state index is 5.46. The maximum Gasteiger partial charge on any atom is 0.225 e. The van der Waals surface area contributed by atoms with E-state index in [4.69, 9.17) is 11.5 Å². The Morgan fingerprint density at radius 2 is 1.79 bits per heavy atom. The van der Waals surface area contributed by atoms with Gasteiger partial charge in [-0.1, -0.05) is 6.92 Å². The highest BCUT2D eigenvalue weighted by molar-refractivity contribution is 5.25. The molecule has 1 aromatic heterocycles. The van der Waals surface area contributed by atoms with Crippen molar-refractivity contribution in [1.82, 2.24) is 20.3 Å². The number of aromatic nitrogens is 3. The molecule has 78 valence electrons. The number of nitrogen functional groups attached to an aromatic ring is 2. The molecule has 5 N–H and O–H groups in total. The van der Waals surface area contributed by atoms with Crippen LogP contribution in [0.5, 0.6) is 0 Å². The van der Waals surface area contributed by atoms with Crippen LogP contribution in [0.2, 0.25) is 0 Å². The summed E-state index contributed by atoms with van der Waals surface area (Å²) in [6.07, 6.45) is 1.71. The quantitative estimate of drug-likeness (QED) is 0.604. The predicted octanol–water partition coefficient (Wildman–Crippen LogP) is -0.423. The van der Waals surface area contributed by atoms with Gasteiger partial charge in [-0.3, -0.25) is 0 Å². The highest BCUT2D eigenvalue weighted by atomic mass is 15.1. The van der Waals surface area contributed by atoms with Gasteiger partial charge in [0.25, 0.3) is 0 Å². The van der Waals surface area contributed by atoms with Gasteiger partial charge in [0.1, 0.15) is 5.82 Å². The van der Waals surface area contributed by atoms with Gasteiger partial charge in [-0.25, -0.2) is 0 Å². The summed E-state index contributed by atoms with van der Waals surface area (Å²) in [4.78, 5) is 11.7. The van der Waals surface area contributed by atoms with Crippen molar-refractivity contribution in [2.45, 2.75) is 25.8 Å². The molecule has 0 aliphatic carbocycles. The van der Waals surface area contributed by atoms with Gasteiger partial charge < -0.3 is 16.8 Å². The standard InChI is InChI=1S/C8H16N6/c1-3-5(11-2)4-6-12-7(9)14-8(10)13-6/h5,11H,3-4H2,1-2H3,(H4,9,10,12,13,14). The summed E-state index contributed by atoms with van der Waals surface area (Å²) in [5.41, 5.74) is 10.9. The number of hydrogen-bond donors (Lipinski definition) is 3. The lowest BCUT2D eigenvalue weighted by Crippen LogP contribution is -2.27. The van der Waals surface area contributed by atoms with Gasteiger partial charge in [-0.2, -0.15) is 15.0 Å². The van der Waals surface area contributed by atoms with E-state index in [-0.39, 0.29) is 11.9 Å². The Balaban J connectivity index is 2.75. The molecule has 0 fully saturated rings. The second-order valence-corrected chi connectivity index (χ2v) is 3.07. The summed E-state index contributed by atoms with van der Waals surface area (Å²) < 4.78 is 0. The molecule has 0 aliphatic heterocycles. The molecule has 1 atom stereocenters. The van der Waals surface area contributed by atoms with E-state index in [1.54, 1.807) is 0 Å². The molecule has 14 heavy (non-hydrogen) atoms. The molecule has 0 aromatic carbocycles. The third-order valence-electron chi connectivity index (χ3n) is 2.05. The van der Waals surface area contributed by atoms with Crippen LogP contribution in [0.4, 0.5) is 11.9 Å². The average Bonchev–Trinajstić information content (AvgIpc) is 2.12. The van der Waals surface area contributed by atoms with Crippen LogP contribution in [-0.2, 0) is 6.42 Å². The minimum absolute atomic E-state index is 0.179. The molecule has 0 spiro atoms. The molecule has 6 heteroatoms. The molecule has 0 radical (unpaired) electrons. The SMILES string of the molecule is CCC(Cc1nc(N)nc(N)n1)NC. The van der Waals surface area contributed by atoms with Crippen molar-refractivity contribution in [1.29, 1.82) is 0 Å². The Morgan fingerprint density at radius 1 is 1.21 bits per heavy atom. The van der Waals surface area contributed by atoms with Crippen molar-refractivity contribution in [3.8, 4) is 0 Å². The second kappa shape index (κ2) is 4.71. The number of rotatable bonds is 4.